The van der Waals surface area contributed by atoms with Gasteiger partial charge in [0.1, 0.15) is 5.75 Å². The Morgan fingerprint density at radius 3 is 3.00 bits per heavy atom. The fourth-order valence-electron chi connectivity index (χ4n) is 2.67. The number of hydrogen-bond acceptors (Lipinski definition) is 4. The maximum absolute atomic E-state index is 12.3. The van der Waals surface area contributed by atoms with Crippen molar-refractivity contribution in [3.8, 4) is 5.75 Å². The minimum Gasteiger partial charge on any atom is -0.435 e. The number of morpholine rings is 1. The molecule has 1 aromatic heterocycles. The van der Waals surface area contributed by atoms with Gasteiger partial charge in [-0.25, -0.2) is 0 Å². The number of ether oxygens (including phenoxy) is 2. The molecule has 1 fully saturated rings. The second-order valence-corrected chi connectivity index (χ2v) is 5.38. The lowest BCUT2D eigenvalue weighted by Gasteiger charge is -2.33. The molecule has 1 atom stereocenters. The van der Waals surface area contributed by atoms with Gasteiger partial charge in [0, 0.05) is 32.0 Å². The molecule has 5 nitrogen and oxygen atoms in total. The van der Waals surface area contributed by atoms with E-state index in [2.05, 4.69) is 14.7 Å². The first-order valence-electron chi connectivity index (χ1n) is 7.57. The van der Waals surface area contributed by atoms with Crippen LogP contribution in [0.15, 0.2) is 42.7 Å². The third kappa shape index (κ3) is 4.49. The minimum absolute atomic E-state index is 0.136. The number of alkyl halides is 2. The summed E-state index contributed by atoms with van der Waals surface area (Å²) in [5, 5.41) is 4.19. The van der Waals surface area contributed by atoms with Crippen LogP contribution in [0.25, 0.3) is 0 Å². The van der Waals surface area contributed by atoms with Gasteiger partial charge in [0.05, 0.1) is 19.3 Å². The summed E-state index contributed by atoms with van der Waals surface area (Å²) >= 11 is 0. The maximum atomic E-state index is 12.3. The molecule has 0 spiro atoms. The molecule has 0 bridgehead atoms. The van der Waals surface area contributed by atoms with Gasteiger partial charge in [-0.15, -0.1) is 0 Å². The van der Waals surface area contributed by atoms with E-state index in [1.807, 2.05) is 23.0 Å². The minimum atomic E-state index is -2.82. The van der Waals surface area contributed by atoms with Gasteiger partial charge in [0.2, 0.25) is 0 Å². The second-order valence-electron chi connectivity index (χ2n) is 5.38. The van der Waals surface area contributed by atoms with E-state index in [1.165, 1.54) is 6.07 Å². The average molecular weight is 323 g/mol. The van der Waals surface area contributed by atoms with Crippen molar-refractivity contribution in [2.75, 3.05) is 26.2 Å². The quantitative estimate of drug-likeness (QED) is 0.819. The third-order valence-electron chi connectivity index (χ3n) is 3.81. The number of benzene rings is 1. The molecule has 1 aromatic carbocycles. The zero-order valence-corrected chi connectivity index (χ0v) is 12.6. The van der Waals surface area contributed by atoms with E-state index in [4.69, 9.17) is 4.74 Å². The number of halogens is 2. The molecule has 0 saturated carbocycles. The van der Waals surface area contributed by atoms with Crippen LogP contribution in [0.3, 0.4) is 0 Å². The van der Waals surface area contributed by atoms with Gasteiger partial charge in [0.25, 0.3) is 0 Å². The van der Waals surface area contributed by atoms with Crippen molar-refractivity contribution in [1.82, 2.24) is 14.7 Å². The third-order valence-corrected chi connectivity index (χ3v) is 3.81. The molecule has 3 rings (SSSR count). The Balaban J connectivity index is 1.59. The monoisotopic (exact) mass is 323 g/mol. The standard InChI is InChI=1S/C16H19F2N3O2/c17-16(18)23-14-4-1-3-13(11-14)15-12-20(9-10-22-15)7-8-21-6-2-5-19-21/h1-6,11,15-16H,7-10,12H2. The van der Waals surface area contributed by atoms with Gasteiger partial charge in [-0.1, -0.05) is 12.1 Å². The van der Waals surface area contributed by atoms with Gasteiger partial charge >= 0.3 is 6.61 Å². The molecule has 1 aliphatic rings. The van der Waals surface area contributed by atoms with Crippen molar-refractivity contribution in [2.24, 2.45) is 0 Å². The molecule has 23 heavy (non-hydrogen) atoms. The molecule has 2 heterocycles. The van der Waals surface area contributed by atoms with Gasteiger partial charge in [-0.05, 0) is 23.8 Å². The molecule has 0 N–H and O–H groups in total. The van der Waals surface area contributed by atoms with Crippen LogP contribution in [0.5, 0.6) is 5.75 Å². The average Bonchev–Trinajstić information content (AvgIpc) is 3.06. The predicted octanol–water partition coefficient (Wildman–Crippen LogP) is 2.56. The van der Waals surface area contributed by atoms with Crippen LogP contribution in [-0.2, 0) is 11.3 Å². The molecule has 1 aliphatic heterocycles. The van der Waals surface area contributed by atoms with E-state index >= 15 is 0 Å². The normalized spacial score (nSPS) is 19.2. The SMILES string of the molecule is FC(F)Oc1cccc(C2CN(CCn3cccn3)CCO2)c1. The summed E-state index contributed by atoms with van der Waals surface area (Å²) in [6.45, 7) is 1.06. The summed E-state index contributed by atoms with van der Waals surface area (Å²) in [6.07, 6.45) is 3.56. The van der Waals surface area contributed by atoms with Gasteiger partial charge in [-0.3, -0.25) is 9.58 Å². The van der Waals surface area contributed by atoms with Gasteiger partial charge < -0.3 is 9.47 Å². The summed E-state index contributed by atoms with van der Waals surface area (Å²) in [5.74, 6) is 0.162. The highest BCUT2D eigenvalue weighted by Crippen LogP contribution is 2.26. The van der Waals surface area contributed by atoms with Crippen molar-refractivity contribution in [2.45, 2.75) is 19.3 Å². The lowest BCUT2D eigenvalue weighted by atomic mass is 10.1. The molecule has 7 heteroatoms. The first-order chi connectivity index (χ1) is 11.2. The molecule has 124 valence electrons. The second kappa shape index (κ2) is 7.52. The van der Waals surface area contributed by atoms with E-state index in [0.717, 1.165) is 31.7 Å². The smallest absolute Gasteiger partial charge is 0.387 e. The van der Waals surface area contributed by atoms with Crippen molar-refractivity contribution in [3.63, 3.8) is 0 Å². The topological polar surface area (TPSA) is 39.5 Å². The molecule has 1 unspecified atom stereocenters. The molecule has 0 amide bonds. The fourth-order valence-corrected chi connectivity index (χ4v) is 2.67. The van der Waals surface area contributed by atoms with E-state index < -0.39 is 6.61 Å². The van der Waals surface area contributed by atoms with Crippen LogP contribution in [-0.4, -0.2) is 47.5 Å². The Labute approximate surface area is 133 Å². The van der Waals surface area contributed by atoms with Crippen molar-refractivity contribution < 1.29 is 18.3 Å². The summed E-state index contributed by atoms with van der Waals surface area (Å²) in [6, 6.07) is 8.62. The largest absolute Gasteiger partial charge is 0.435 e. The van der Waals surface area contributed by atoms with Crippen molar-refractivity contribution in [3.05, 3.63) is 48.3 Å². The predicted molar refractivity (Wildman–Crippen MR) is 80.4 cm³/mol. The van der Waals surface area contributed by atoms with Crippen LogP contribution in [0, 0.1) is 0 Å². The van der Waals surface area contributed by atoms with E-state index in [1.54, 1.807) is 18.3 Å². The van der Waals surface area contributed by atoms with Gasteiger partial charge in [0.15, 0.2) is 0 Å². The Morgan fingerprint density at radius 2 is 2.22 bits per heavy atom. The lowest BCUT2D eigenvalue weighted by Crippen LogP contribution is -2.40. The maximum Gasteiger partial charge on any atom is 0.387 e. The van der Waals surface area contributed by atoms with Crippen LogP contribution < -0.4 is 4.74 Å². The molecule has 1 saturated heterocycles. The van der Waals surface area contributed by atoms with Crippen molar-refractivity contribution >= 4 is 0 Å². The number of rotatable bonds is 6. The molecular weight excluding hydrogens is 304 g/mol. The Morgan fingerprint density at radius 1 is 1.30 bits per heavy atom. The number of hydrogen-bond donors (Lipinski definition) is 0. The van der Waals surface area contributed by atoms with Crippen LogP contribution in [0.2, 0.25) is 0 Å². The number of nitrogens with zero attached hydrogens (tertiary/aromatic N) is 3. The fraction of sp³-hybridized carbons (Fsp3) is 0.438. The summed E-state index contributed by atoms with van der Waals surface area (Å²) < 4.78 is 36.8. The Bertz CT molecular complexity index is 607. The van der Waals surface area contributed by atoms with Crippen LogP contribution >= 0.6 is 0 Å². The van der Waals surface area contributed by atoms with Crippen molar-refractivity contribution in [1.29, 1.82) is 0 Å². The van der Waals surface area contributed by atoms with Gasteiger partial charge in [-0.2, -0.15) is 13.9 Å². The summed E-state index contributed by atoms with van der Waals surface area (Å²) in [4.78, 5) is 2.29. The molecule has 0 aliphatic carbocycles. The first kappa shape index (κ1) is 15.9. The zero-order chi connectivity index (χ0) is 16.1. The molecular formula is C16H19F2N3O2. The lowest BCUT2D eigenvalue weighted by molar-refractivity contribution is -0.0508. The van der Waals surface area contributed by atoms with E-state index in [0.29, 0.717) is 6.61 Å². The number of aromatic nitrogens is 2. The van der Waals surface area contributed by atoms with E-state index in [9.17, 15) is 8.78 Å². The van der Waals surface area contributed by atoms with Crippen LogP contribution in [0.4, 0.5) is 8.78 Å². The highest BCUT2D eigenvalue weighted by Gasteiger charge is 2.22. The first-order valence-corrected chi connectivity index (χ1v) is 7.57. The summed E-state index contributed by atoms with van der Waals surface area (Å²) in [7, 11) is 0. The zero-order valence-electron chi connectivity index (χ0n) is 12.6. The molecule has 0 radical (unpaired) electrons. The van der Waals surface area contributed by atoms with E-state index in [-0.39, 0.29) is 11.9 Å². The summed E-state index contributed by atoms with van der Waals surface area (Å²) in [5.41, 5.74) is 0.854. The van der Waals surface area contributed by atoms with Crippen LogP contribution in [0.1, 0.15) is 11.7 Å². The highest BCUT2D eigenvalue weighted by molar-refractivity contribution is 5.30. The Hall–Kier alpha value is -1.99. The molecule has 2 aromatic rings. The highest BCUT2D eigenvalue weighted by atomic mass is 19.3. The Kier molecular flexibility index (Phi) is 5.19.